The van der Waals surface area contributed by atoms with Crippen LogP contribution in [0.1, 0.15) is 24.0 Å². The van der Waals surface area contributed by atoms with Crippen molar-refractivity contribution < 1.29 is 23.1 Å². The SMILES string of the molecule is Cc1ccccc1CC(=O)N1CCC(O)(C(F)(F)F)CC1. The molecule has 1 aliphatic rings. The highest BCUT2D eigenvalue weighted by Crippen LogP contribution is 2.38. The van der Waals surface area contributed by atoms with E-state index in [1.165, 1.54) is 4.90 Å². The number of amides is 1. The van der Waals surface area contributed by atoms with Gasteiger partial charge < -0.3 is 10.0 Å². The zero-order chi connectivity index (χ0) is 15.7. The lowest BCUT2D eigenvalue weighted by Crippen LogP contribution is -2.54. The molecule has 21 heavy (non-hydrogen) atoms. The standard InChI is InChI=1S/C15H18F3NO2/c1-11-4-2-3-5-12(11)10-13(20)19-8-6-14(21,7-9-19)15(16,17)18/h2-5,21H,6-10H2,1H3. The third kappa shape index (κ3) is 3.37. The molecule has 3 nitrogen and oxygen atoms in total. The summed E-state index contributed by atoms with van der Waals surface area (Å²) in [6.45, 7) is 1.75. The summed E-state index contributed by atoms with van der Waals surface area (Å²) in [5.41, 5.74) is -0.805. The predicted octanol–water partition coefficient (Wildman–Crippen LogP) is 2.45. The number of carbonyl (C=O) groups is 1. The molecule has 0 saturated carbocycles. The van der Waals surface area contributed by atoms with E-state index >= 15 is 0 Å². The molecule has 1 fully saturated rings. The number of hydrogen-bond acceptors (Lipinski definition) is 2. The third-order valence-electron chi connectivity index (χ3n) is 4.07. The largest absolute Gasteiger partial charge is 0.417 e. The highest BCUT2D eigenvalue weighted by atomic mass is 19.4. The molecule has 0 aromatic heterocycles. The molecule has 1 aliphatic heterocycles. The summed E-state index contributed by atoms with van der Waals surface area (Å²) in [4.78, 5) is 13.5. The van der Waals surface area contributed by atoms with Crippen molar-refractivity contribution in [3.8, 4) is 0 Å². The van der Waals surface area contributed by atoms with Crippen LogP contribution in [0.25, 0.3) is 0 Å². The van der Waals surface area contributed by atoms with Crippen LogP contribution in [0.3, 0.4) is 0 Å². The van der Waals surface area contributed by atoms with E-state index in [2.05, 4.69) is 0 Å². The summed E-state index contributed by atoms with van der Waals surface area (Å²) < 4.78 is 38.1. The van der Waals surface area contributed by atoms with Crippen LogP contribution >= 0.6 is 0 Å². The fraction of sp³-hybridized carbons (Fsp3) is 0.533. The average Bonchev–Trinajstić information content (AvgIpc) is 2.41. The number of halogens is 3. The van der Waals surface area contributed by atoms with Gasteiger partial charge in [-0.15, -0.1) is 0 Å². The van der Waals surface area contributed by atoms with Gasteiger partial charge in [-0.25, -0.2) is 0 Å². The number of piperidine rings is 1. The van der Waals surface area contributed by atoms with E-state index in [4.69, 9.17) is 0 Å². The monoisotopic (exact) mass is 301 g/mol. The Morgan fingerprint density at radius 1 is 1.29 bits per heavy atom. The van der Waals surface area contributed by atoms with E-state index in [-0.39, 0.29) is 25.4 Å². The first-order valence-corrected chi connectivity index (χ1v) is 6.84. The molecular formula is C15H18F3NO2. The van der Waals surface area contributed by atoms with Crippen molar-refractivity contribution in [1.29, 1.82) is 0 Å². The van der Waals surface area contributed by atoms with Gasteiger partial charge in [0.1, 0.15) is 0 Å². The van der Waals surface area contributed by atoms with Crippen molar-refractivity contribution in [3.05, 3.63) is 35.4 Å². The quantitative estimate of drug-likeness (QED) is 0.911. The minimum Gasteiger partial charge on any atom is -0.380 e. The Labute approximate surface area is 121 Å². The van der Waals surface area contributed by atoms with E-state index in [9.17, 15) is 23.1 Å². The number of hydrogen-bond donors (Lipinski definition) is 1. The van der Waals surface area contributed by atoms with Gasteiger partial charge in [0.05, 0.1) is 6.42 Å². The molecular weight excluding hydrogens is 283 g/mol. The minimum atomic E-state index is -4.64. The second kappa shape index (κ2) is 5.67. The number of rotatable bonds is 2. The van der Waals surface area contributed by atoms with Gasteiger partial charge in [0, 0.05) is 25.9 Å². The Kier molecular flexibility index (Phi) is 4.27. The fourth-order valence-electron chi connectivity index (χ4n) is 2.49. The molecule has 0 atom stereocenters. The number of carbonyl (C=O) groups excluding carboxylic acids is 1. The number of aliphatic hydroxyl groups is 1. The number of aryl methyl sites for hydroxylation is 1. The number of nitrogens with zero attached hydrogens (tertiary/aromatic N) is 1. The van der Waals surface area contributed by atoms with Gasteiger partial charge in [-0.1, -0.05) is 24.3 Å². The molecule has 0 spiro atoms. The van der Waals surface area contributed by atoms with Gasteiger partial charge in [0.25, 0.3) is 0 Å². The average molecular weight is 301 g/mol. The van der Waals surface area contributed by atoms with E-state index < -0.39 is 24.6 Å². The Bertz CT molecular complexity index is 520. The second-order valence-corrected chi connectivity index (χ2v) is 5.51. The van der Waals surface area contributed by atoms with Gasteiger partial charge >= 0.3 is 6.18 Å². The minimum absolute atomic E-state index is 0.0687. The molecule has 2 rings (SSSR count). The molecule has 0 radical (unpaired) electrons. The zero-order valence-electron chi connectivity index (χ0n) is 11.8. The molecule has 1 aromatic carbocycles. The van der Waals surface area contributed by atoms with Gasteiger partial charge in [-0.2, -0.15) is 13.2 Å². The smallest absolute Gasteiger partial charge is 0.380 e. The van der Waals surface area contributed by atoms with Crippen LogP contribution in [0, 0.1) is 6.92 Å². The highest BCUT2D eigenvalue weighted by molar-refractivity contribution is 5.79. The Morgan fingerprint density at radius 2 is 1.86 bits per heavy atom. The highest BCUT2D eigenvalue weighted by Gasteiger charge is 2.54. The molecule has 1 heterocycles. The first-order chi connectivity index (χ1) is 9.73. The molecule has 1 amide bonds. The Balaban J connectivity index is 1.97. The van der Waals surface area contributed by atoms with Crippen LogP contribution in [0.4, 0.5) is 13.2 Å². The van der Waals surface area contributed by atoms with Crippen LogP contribution in [0.2, 0.25) is 0 Å². The molecule has 0 bridgehead atoms. The fourth-order valence-corrected chi connectivity index (χ4v) is 2.49. The van der Waals surface area contributed by atoms with Crippen LogP contribution < -0.4 is 0 Å². The van der Waals surface area contributed by atoms with Crippen LogP contribution in [-0.4, -0.2) is 40.8 Å². The van der Waals surface area contributed by atoms with Gasteiger partial charge in [0.2, 0.25) is 5.91 Å². The first kappa shape index (κ1) is 15.8. The normalized spacial score (nSPS) is 18.6. The Hall–Kier alpha value is -1.56. The number of likely N-dealkylation sites (tertiary alicyclic amines) is 1. The molecule has 6 heteroatoms. The van der Waals surface area contributed by atoms with Crippen molar-refractivity contribution in [3.63, 3.8) is 0 Å². The Morgan fingerprint density at radius 3 is 2.38 bits per heavy atom. The maximum Gasteiger partial charge on any atom is 0.417 e. The van der Waals surface area contributed by atoms with E-state index in [1.807, 2.05) is 31.2 Å². The number of alkyl halides is 3. The summed E-state index contributed by atoms with van der Waals surface area (Å²) in [6, 6.07) is 7.42. The third-order valence-corrected chi connectivity index (χ3v) is 4.07. The molecule has 1 aromatic rings. The van der Waals surface area contributed by atoms with Crippen molar-refractivity contribution in [1.82, 2.24) is 4.90 Å². The van der Waals surface area contributed by atoms with Gasteiger partial charge in [-0.3, -0.25) is 4.79 Å². The molecule has 1 N–H and O–H groups in total. The topological polar surface area (TPSA) is 40.5 Å². The van der Waals surface area contributed by atoms with Crippen molar-refractivity contribution in [2.24, 2.45) is 0 Å². The maximum atomic E-state index is 12.7. The molecule has 1 saturated heterocycles. The summed E-state index contributed by atoms with van der Waals surface area (Å²) in [5, 5.41) is 9.58. The van der Waals surface area contributed by atoms with Crippen LogP contribution in [0.15, 0.2) is 24.3 Å². The van der Waals surface area contributed by atoms with Crippen LogP contribution in [-0.2, 0) is 11.2 Å². The maximum absolute atomic E-state index is 12.7. The van der Waals surface area contributed by atoms with E-state index in [0.717, 1.165) is 11.1 Å². The molecule has 116 valence electrons. The zero-order valence-corrected chi connectivity index (χ0v) is 11.8. The van der Waals surface area contributed by atoms with E-state index in [1.54, 1.807) is 0 Å². The number of benzene rings is 1. The lowest BCUT2D eigenvalue weighted by atomic mass is 9.90. The lowest BCUT2D eigenvalue weighted by molar-refractivity contribution is -0.272. The van der Waals surface area contributed by atoms with Crippen molar-refractivity contribution in [2.75, 3.05) is 13.1 Å². The molecule has 0 aliphatic carbocycles. The van der Waals surface area contributed by atoms with E-state index in [0.29, 0.717) is 0 Å². The molecule has 0 unspecified atom stereocenters. The van der Waals surface area contributed by atoms with Crippen molar-refractivity contribution in [2.45, 2.75) is 38.0 Å². The van der Waals surface area contributed by atoms with Gasteiger partial charge in [0.15, 0.2) is 5.60 Å². The summed E-state index contributed by atoms with van der Waals surface area (Å²) in [5.74, 6) is -0.200. The first-order valence-electron chi connectivity index (χ1n) is 6.84. The predicted molar refractivity (Wildman–Crippen MR) is 71.7 cm³/mol. The van der Waals surface area contributed by atoms with Crippen molar-refractivity contribution >= 4 is 5.91 Å². The summed E-state index contributed by atoms with van der Waals surface area (Å²) in [7, 11) is 0. The summed E-state index contributed by atoms with van der Waals surface area (Å²) in [6.07, 6.45) is -5.39. The van der Waals surface area contributed by atoms with Gasteiger partial charge in [-0.05, 0) is 18.1 Å². The lowest BCUT2D eigenvalue weighted by Gasteiger charge is -2.39. The second-order valence-electron chi connectivity index (χ2n) is 5.51. The van der Waals surface area contributed by atoms with Crippen LogP contribution in [0.5, 0.6) is 0 Å². The summed E-state index contributed by atoms with van der Waals surface area (Å²) >= 11 is 0.